The number of aromatic nitrogens is 2. The Labute approximate surface area is 65.2 Å². The Balaban J connectivity index is 3.02. The summed E-state index contributed by atoms with van der Waals surface area (Å²) in [6.45, 7) is 1.82. The molecular formula is C7H10N2O2. The van der Waals surface area contributed by atoms with Crippen LogP contribution in [0.3, 0.4) is 0 Å². The summed E-state index contributed by atoms with van der Waals surface area (Å²) in [6.07, 6.45) is 1.55. The van der Waals surface area contributed by atoms with Crippen LogP contribution in [-0.2, 0) is 0 Å². The van der Waals surface area contributed by atoms with Crippen LogP contribution in [0.1, 0.15) is 5.69 Å². The minimum Gasteiger partial charge on any atom is -0.480 e. The number of ether oxygens (including phenoxy) is 2. The molecule has 0 spiro atoms. The van der Waals surface area contributed by atoms with Crippen molar-refractivity contribution in [3.63, 3.8) is 0 Å². The Morgan fingerprint density at radius 3 is 2.55 bits per heavy atom. The quantitative estimate of drug-likeness (QED) is 0.632. The van der Waals surface area contributed by atoms with Gasteiger partial charge in [-0.2, -0.15) is 4.98 Å². The number of hydrogen-bond acceptors (Lipinski definition) is 4. The van der Waals surface area contributed by atoms with E-state index in [-0.39, 0.29) is 0 Å². The van der Waals surface area contributed by atoms with Gasteiger partial charge in [-0.1, -0.05) is 0 Å². The van der Waals surface area contributed by atoms with Gasteiger partial charge in [-0.25, -0.2) is 0 Å². The van der Waals surface area contributed by atoms with Crippen LogP contribution in [0.15, 0.2) is 6.20 Å². The molecule has 0 atom stereocenters. The molecule has 0 aliphatic heterocycles. The monoisotopic (exact) mass is 154 g/mol. The molecule has 0 saturated carbocycles. The number of rotatable bonds is 2. The van der Waals surface area contributed by atoms with Crippen LogP contribution in [0.25, 0.3) is 0 Å². The second kappa shape index (κ2) is 3.18. The van der Waals surface area contributed by atoms with Crippen molar-refractivity contribution in [2.45, 2.75) is 6.92 Å². The minimum atomic E-state index is 0.465. The number of nitrogens with zero attached hydrogens (tertiary/aromatic N) is 2. The molecule has 4 heteroatoms. The van der Waals surface area contributed by atoms with Gasteiger partial charge in [0.25, 0.3) is 0 Å². The van der Waals surface area contributed by atoms with Crippen LogP contribution in [0.2, 0.25) is 0 Å². The molecule has 0 radical (unpaired) electrons. The molecule has 0 bridgehead atoms. The second-order valence-electron chi connectivity index (χ2n) is 2.01. The number of hydrogen-bond donors (Lipinski definition) is 0. The summed E-state index contributed by atoms with van der Waals surface area (Å²) in [5, 5.41) is 0. The zero-order valence-corrected chi connectivity index (χ0v) is 6.79. The third-order valence-corrected chi connectivity index (χ3v) is 1.29. The summed E-state index contributed by atoms with van der Waals surface area (Å²) in [4.78, 5) is 8.01. The fraction of sp³-hybridized carbons (Fsp3) is 0.429. The largest absolute Gasteiger partial charge is 0.480 e. The van der Waals surface area contributed by atoms with Gasteiger partial charge in [0.2, 0.25) is 11.8 Å². The normalized spacial score (nSPS) is 9.36. The Hall–Kier alpha value is -1.32. The Morgan fingerprint density at radius 2 is 2.00 bits per heavy atom. The Kier molecular flexibility index (Phi) is 2.25. The first-order valence-electron chi connectivity index (χ1n) is 3.19. The van der Waals surface area contributed by atoms with E-state index in [2.05, 4.69) is 9.97 Å². The van der Waals surface area contributed by atoms with Gasteiger partial charge in [-0.15, -0.1) is 0 Å². The van der Waals surface area contributed by atoms with Gasteiger partial charge >= 0.3 is 0 Å². The zero-order chi connectivity index (χ0) is 8.27. The summed E-state index contributed by atoms with van der Waals surface area (Å²) in [7, 11) is 3.09. The predicted molar refractivity (Wildman–Crippen MR) is 39.9 cm³/mol. The maximum atomic E-state index is 4.93. The molecule has 0 unspecified atom stereocenters. The molecule has 0 aliphatic rings. The average Bonchev–Trinajstić information content (AvgIpc) is 2.05. The molecular weight excluding hydrogens is 144 g/mol. The van der Waals surface area contributed by atoms with E-state index in [0.29, 0.717) is 11.8 Å². The van der Waals surface area contributed by atoms with Crippen molar-refractivity contribution in [3.8, 4) is 11.8 Å². The molecule has 1 heterocycles. The lowest BCUT2D eigenvalue weighted by Gasteiger charge is -2.03. The van der Waals surface area contributed by atoms with Crippen LogP contribution in [0.5, 0.6) is 11.8 Å². The summed E-state index contributed by atoms with van der Waals surface area (Å²) in [6, 6.07) is 0. The van der Waals surface area contributed by atoms with Gasteiger partial charge in [0.1, 0.15) is 0 Å². The molecule has 1 aromatic heterocycles. The fourth-order valence-corrected chi connectivity index (χ4v) is 0.709. The van der Waals surface area contributed by atoms with Crippen molar-refractivity contribution in [3.05, 3.63) is 11.9 Å². The Morgan fingerprint density at radius 1 is 1.27 bits per heavy atom. The van der Waals surface area contributed by atoms with Gasteiger partial charge in [0.05, 0.1) is 26.1 Å². The number of aryl methyl sites for hydroxylation is 1. The van der Waals surface area contributed by atoms with Gasteiger partial charge < -0.3 is 9.47 Å². The summed E-state index contributed by atoms with van der Waals surface area (Å²) in [5.74, 6) is 0.969. The maximum absolute atomic E-state index is 4.93. The summed E-state index contributed by atoms with van der Waals surface area (Å²) >= 11 is 0. The highest BCUT2D eigenvalue weighted by Gasteiger charge is 2.01. The summed E-state index contributed by atoms with van der Waals surface area (Å²) < 4.78 is 9.79. The van der Waals surface area contributed by atoms with Crippen LogP contribution in [0.4, 0.5) is 0 Å². The highest BCUT2D eigenvalue weighted by molar-refractivity contribution is 5.20. The molecule has 0 aliphatic carbocycles. The van der Waals surface area contributed by atoms with E-state index < -0.39 is 0 Å². The van der Waals surface area contributed by atoms with Crippen molar-refractivity contribution in [2.75, 3.05) is 14.2 Å². The van der Waals surface area contributed by atoms with Crippen molar-refractivity contribution >= 4 is 0 Å². The lowest BCUT2D eigenvalue weighted by atomic mass is 10.5. The first kappa shape index (κ1) is 7.78. The topological polar surface area (TPSA) is 44.2 Å². The molecule has 11 heavy (non-hydrogen) atoms. The van der Waals surface area contributed by atoms with E-state index in [1.807, 2.05) is 6.92 Å². The molecule has 0 N–H and O–H groups in total. The molecule has 0 saturated heterocycles. The lowest BCUT2D eigenvalue weighted by molar-refractivity contribution is 0.358. The lowest BCUT2D eigenvalue weighted by Crippen LogP contribution is -1.96. The molecule has 4 nitrogen and oxygen atoms in total. The zero-order valence-electron chi connectivity index (χ0n) is 6.79. The van der Waals surface area contributed by atoms with Crippen molar-refractivity contribution in [1.82, 2.24) is 9.97 Å². The van der Waals surface area contributed by atoms with Crippen LogP contribution in [0, 0.1) is 6.92 Å². The SMILES string of the molecule is COc1cnc(C)c(OC)n1. The highest BCUT2D eigenvalue weighted by Crippen LogP contribution is 2.14. The van der Waals surface area contributed by atoms with Gasteiger partial charge in [0.15, 0.2) is 0 Å². The smallest absolute Gasteiger partial charge is 0.238 e. The second-order valence-corrected chi connectivity index (χ2v) is 2.01. The third kappa shape index (κ3) is 1.58. The van der Waals surface area contributed by atoms with E-state index >= 15 is 0 Å². The van der Waals surface area contributed by atoms with E-state index in [4.69, 9.17) is 9.47 Å². The molecule has 1 aromatic rings. The van der Waals surface area contributed by atoms with Crippen molar-refractivity contribution < 1.29 is 9.47 Å². The van der Waals surface area contributed by atoms with E-state index in [1.165, 1.54) is 0 Å². The van der Waals surface area contributed by atoms with Crippen molar-refractivity contribution in [2.24, 2.45) is 0 Å². The van der Waals surface area contributed by atoms with Crippen molar-refractivity contribution in [1.29, 1.82) is 0 Å². The van der Waals surface area contributed by atoms with Crippen LogP contribution >= 0.6 is 0 Å². The van der Waals surface area contributed by atoms with Crippen LogP contribution < -0.4 is 9.47 Å². The maximum Gasteiger partial charge on any atom is 0.238 e. The van der Waals surface area contributed by atoms with Crippen LogP contribution in [-0.4, -0.2) is 24.2 Å². The van der Waals surface area contributed by atoms with Gasteiger partial charge in [-0.3, -0.25) is 4.98 Å². The van der Waals surface area contributed by atoms with Gasteiger partial charge in [0, 0.05) is 0 Å². The average molecular weight is 154 g/mol. The summed E-state index contributed by atoms with van der Waals surface area (Å²) in [5.41, 5.74) is 0.758. The highest BCUT2D eigenvalue weighted by atomic mass is 16.5. The first-order valence-corrected chi connectivity index (χ1v) is 3.19. The Bertz CT molecular complexity index is 250. The number of methoxy groups -OCH3 is 2. The minimum absolute atomic E-state index is 0.465. The third-order valence-electron chi connectivity index (χ3n) is 1.29. The molecule has 1 rings (SSSR count). The fourth-order valence-electron chi connectivity index (χ4n) is 0.709. The standard InChI is InChI=1S/C7H10N2O2/c1-5-7(11-3)9-6(10-2)4-8-5/h4H,1-3H3. The van der Waals surface area contributed by atoms with Gasteiger partial charge in [-0.05, 0) is 6.92 Å². The molecule has 0 amide bonds. The van der Waals surface area contributed by atoms with E-state index in [1.54, 1.807) is 20.4 Å². The molecule has 60 valence electrons. The van der Waals surface area contributed by atoms with E-state index in [0.717, 1.165) is 5.69 Å². The molecule has 0 aromatic carbocycles. The molecule has 0 fully saturated rings. The predicted octanol–water partition coefficient (Wildman–Crippen LogP) is 0.802. The van der Waals surface area contributed by atoms with E-state index in [9.17, 15) is 0 Å². The first-order chi connectivity index (χ1) is 5.27.